The first kappa shape index (κ1) is 19.5. The molecular weight excluding hydrogens is 378 g/mol. The molecule has 0 amide bonds. The van der Waals surface area contributed by atoms with E-state index in [0.29, 0.717) is 18.1 Å². The first-order chi connectivity index (χ1) is 14.1. The van der Waals surface area contributed by atoms with E-state index in [-0.39, 0.29) is 0 Å². The first-order valence-corrected chi connectivity index (χ1v) is 11.7. The van der Waals surface area contributed by atoms with Crippen LogP contribution in [0, 0.1) is 23.2 Å². The Labute approximate surface area is 180 Å². The molecule has 0 aliphatic heterocycles. The summed E-state index contributed by atoms with van der Waals surface area (Å²) in [7, 11) is 0. The van der Waals surface area contributed by atoms with Crippen molar-refractivity contribution in [2.75, 3.05) is 0 Å². The zero-order chi connectivity index (χ0) is 19.8. The highest BCUT2D eigenvalue weighted by atomic mass is 35.5. The van der Waals surface area contributed by atoms with E-state index in [1.54, 1.807) is 0 Å². The van der Waals surface area contributed by atoms with Crippen LogP contribution in [0.5, 0.6) is 5.75 Å². The molecule has 1 unspecified atom stereocenters. The number of halogens is 1. The number of benzene rings is 2. The van der Waals surface area contributed by atoms with Crippen molar-refractivity contribution in [1.29, 1.82) is 0 Å². The Hall–Kier alpha value is -1.51. The van der Waals surface area contributed by atoms with Gasteiger partial charge in [0.15, 0.2) is 0 Å². The van der Waals surface area contributed by atoms with Crippen LogP contribution in [0.15, 0.2) is 48.5 Å². The van der Waals surface area contributed by atoms with Gasteiger partial charge in [-0.3, -0.25) is 0 Å². The lowest BCUT2D eigenvalue weighted by atomic mass is 9.48. The molecule has 0 spiro atoms. The van der Waals surface area contributed by atoms with Gasteiger partial charge in [0.05, 0.1) is 0 Å². The Morgan fingerprint density at radius 2 is 1.62 bits per heavy atom. The fourth-order valence-electron chi connectivity index (χ4n) is 6.73. The Kier molecular flexibility index (Phi) is 5.34. The van der Waals surface area contributed by atoms with Crippen molar-refractivity contribution in [1.82, 2.24) is 5.32 Å². The van der Waals surface area contributed by atoms with Crippen molar-refractivity contribution in [3.63, 3.8) is 0 Å². The Morgan fingerprint density at radius 3 is 2.31 bits per heavy atom. The summed E-state index contributed by atoms with van der Waals surface area (Å²) in [6, 6.07) is 17.0. The minimum atomic E-state index is 0.543. The molecule has 4 fully saturated rings. The molecule has 2 aromatic carbocycles. The van der Waals surface area contributed by atoms with Crippen LogP contribution in [0.4, 0.5) is 0 Å². The van der Waals surface area contributed by atoms with Gasteiger partial charge >= 0.3 is 0 Å². The SMILES string of the molecule is CC(NCc1cccc(OCc2cccc(Cl)c2)c1)C12CC3CC(CC(C3)C1)C2. The summed E-state index contributed by atoms with van der Waals surface area (Å²) in [5.74, 6) is 3.95. The van der Waals surface area contributed by atoms with Gasteiger partial charge in [-0.15, -0.1) is 0 Å². The van der Waals surface area contributed by atoms with Crippen LogP contribution in [-0.4, -0.2) is 6.04 Å². The third-order valence-electron chi connectivity index (χ3n) is 7.81. The molecular formula is C26H32ClNO. The van der Waals surface area contributed by atoms with Crippen molar-refractivity contribution in [2.45, 2.75) is 64.6 Å². The van der Waals surface area contributed by atoms with Crippen molar-refractivity contribution in [3.8, 4) is 5.75 Å². The molecule has 0 aromatic heterocycles. The molecule has 4 bridgehead atoms. The average molecular weight is 410 g/mol. The van der Waals surface area contributed by atoms with Crippen molar-refractivity contribution in [2.24, 2.45) is 23.2 Å². The van der Waals surface area contributed by atoms with Gasteiger partial charge in [0.2, 0.25) is 0 Å². The van der Waals surface area contributed by atoms with E-state index < -0.39 is 0 Å². The lowest BCUT2D eigenvalue weighted by molar-refractivity contribution is -0.0706. The molecule has 0 saturated heterocycles. The Bertz CT molecular complexity index is 828. The van der Waals surface area contributed by atoms with Crippen LogP contribution in [0.2, 0.25) is 5.02 Å². The van der Waals surface area contributed by atoms with Crippen molar-refractivity contribution < 1.29 is 4.74 Å². The Morgan fingerprint density at radius 1 is 0.966 bits per heavy atom. The smallest absolute Gasteiger partial charge is 0.120 e. The minimum Gasteiger partial charge on any atom is -0.489 e. The van der Waals surface area contributed by atoms with Crippen molar-refractivity contribution in [3.05, 3.63) is 64.7 Å². The minimum absolute atomic E-state index is 0.543. The summed E-state index contributed by atoms with van der Waals surface area (Å²) in [5, 5.41) is 4.64. The second kappa shape index (κ2) is 7.96. The largest absolute Gasteiger partial charge is 0.489 e. The molecule has 0 heterocycles. The molecule has 2 aromatic rings. The predicted molar refractivity (Wildman–Crippen MR) is 119 cm³/mol. The van der Waals surface area contributed by atoms with Crippen LogP contribution >= 0.6 is 11.6 Å². The van der Waals surface area contributed by atoms with Crippen LogP contribution in [0.3, 0.4) is 0 Å². The maximum absolute atomic E-state index is 6.07. The van der Waals surface area contributed by atoms with Gasteiger partial charge < -0.3 is 10.1 Å². The van der Waals surface area contributed by atoms with Crippen molar-refractivity contribution >= 4 is 11.6 Å². The van der Waals surface area contributed by atoms with E-state index in [1.807, 2.05) is 30.3 Å². The van der Waals surface area contributed by atoms with Gasteiger partial charge in [-0.05, 0) is 104 Å². The van der Waals surface area contributed by atoms with E-state index in [2.05, 4.69) is 30.4 Å². The third kappa shape index (κ3) is 4.20. The molecule has 0 radical (unpaired) electrons. The molecule has 2 nitrogen and oxygen atoms in total. The number of hydrogen-bond donors (Lipinski definition) is 1. The molecule has 1 atom stereocenters. The maximum atomic E-state index is 6.07. The molecule has 4 aliphatic rings. The quantitative estimate of drug-likeness (QED) is 0.555. The highest BCUT2D eigenvalue weighted by molar-refractivity contribution is 6.30. The fraction of sp³-hybridized carbons (Fsp3) is 0.538. The van der Waals surface area contributed by atoms with E-state index in [1.165, 1.54) is 44.1 Å². The molecule has 6 rings (SSSR count). The fourth-order valence-corrected chi connectivity index (χ4v) is 6.95. The normalized spacial score (nSPS) is 31.0. The van der Waals surface area contributed by atoms with Gasteiger partial charge in [-0.1, -0.05) is 35.9 Å². The van der Waals surface area contributed by atoms with Gasteiger partial charge in [-0.2, -0.15) is 0 Å². The number of nitrogens with one attached hydrogen (secondary N) is 1. The zero-order valence-corrected chi connectivity index (χ0v) is 18.1. The number of ether oxygens (including phenoxy) is 1. The van der Waals surface area contributed by atoms with E-state index in [9.17, 15) is 0 Å². The molecule has 4 saturated carbocycles. The summed E-state index contributed by atoms with van der Waals surface area (Å²) in [4.78, 5) is 0. The summed E-state index contributed by atoms with van der Waals surface area (Å²) >= 11 is 6.07. The topological polar surface area (TPSA) is 21.3 Å². The van der Waals surface area contributed by atoms with E-state index >= 15 is 0 Å². The van der Waals surface area contributed by atoms with Crippen LogP contribution in [0.1, 0.15) is 56.6 Å². The number of hydrogen-bond acceptors (Lipinski definition) is 2. The molecule has 154 valence electrons. The highest BCUT2D eigenvalue weighted by Gasteiger charge is 2.52. The number of rotatable bonds is 7. The molecule has 1 N–H and O–H groups in total. The summed E-state index contributed by atoms with van der Waals surface area (Å²) < 4.78 is 6.01. The lowest BCUT2D eigenvalue weighted by Crippen LogP contribution is -2.54. The third-order valence-corrected chi connectivity index (χ3v) is 8.04. The van der Waals surface area contributed by atoms with Gasteiger partial charge in [0.1, 0.15) is 12.4 Å². The maximum Gasteiger partial charge on any atom is 0.120 e. The Balaban J connectivity index is 1.19. The molecule has 3 heteroatoms. The van der Waals surface area contributed by atoms with Crippen LogP contribution < -0.4 is 10.1 Å². The monoisotopic (exact) mass is 409 g/mol. The highest BCUT2D eigenvalue weighted by Crippen LogP contribution is 2.61. The van der Waals surface area contributed by atoms with Crippen LogP contribution in [0.25, 0.3) is 0 Å². The summed E-state index contributed by atoms with van der Waals surface area (Å²) in [5.41, 5.74) is 2.94. The van der Waals surface area contributed by atoms with E-state index in [0.717, 1.165) is 40.6 Å². The van der Waals surface area contributed by atoms with Gasteiger partial charge in [0.25, 0.3) is 0 Å². The second-order valence-electron chi connectivity index (χ2n) is 9.95. The van der Waals surface area contributed by atoms with Gasteiger partial charge in [0, 0.05) is 17.6 Å². The van der Waals surface area contributed by atoms with E-state index in [4.69, 9.17) is 16.3 Å². The first-order valence-electron chi connectivity index (χ1n) is 11.3. The zero-order valence-electron chi connectivity index (χ0n) is 17.4. The summed E-state index contributed by atoms with van der Waals surface area (Å²) in [6.45, 7) is 3.89. The standard InChI is InChI=1S/C26H32ClNO/c1-18(26-13-21-8-22(14-26)10-23(9-21)15-26)28-16-19-4-3-7-25(12-19)29-17-20-5-2-6-24(27)11-20/h2-7,11-12,18,21-23,28H,8-10,13-17H2,1H3. The second-order valence-corrected chi connectivity index (χ2v) is 10.4. The van der Waals surface area contributed by atoms with Gasteiger partial charge in [-0.25, -0.2) is 0 Å². The summed E-state index contributed by atoms with van der Waals surface area (Å²) in [6.07, 6.45) is 8.90. The molecule has 29 heavy (non-hydrogen) atoms. The molecule has 4 aliphatic carbocycles. The lowest BCUT2D eigenvalue weighted by Gasteiger charge is -2.59. The predicted octanol–water partition coefficient (Wildman–Crippen LogP) is 6.61. The van der Waals surface area contributed by atoms with Crippen LogP contribution in [-0.2, 0) is 13.2 Å². The average Bonchev–Trinajstić information content (AvgIpc) is 2.70.